The Labute approximate surface area is 198 Å². The van der Waals surface area contributed by atoms with Crippen molar-refractivity contribution in [1.29, 1.82) is 0 Å². The molecule has 0 atom stereocenters. The fourth-order valence-electron chi connectivity index (χ4n) is 2.80. The van der Waals surface area contributed by atoms with Crippen LogP contribution in [0.2, 0.25) is 0 Å². The summed E-state index contributed by atoms with van der Waals surface area (Å²) in [7, 11) is 5.92. The number of carbonyl (C=O) groups is 2. The summed E-state index contributed by atoms with van der Waals surface area (Å²) < 4.78 is 31.5. The molecule has 0 aliphatic heterocycles. The Morgan fingerprint density at radius 3 is 2.29 bits per heavy atom. The van der Waals surface area contributed by atoms with Crippen LogP contribution in [0, 0.1) is 0 Å². The van der Waals surface area contributed by atoms with Crippen molar-refractivity contribution >= 4 is 23.6 Å². The van der Waals surface area contributed by atoms with Gasteiger partial charge in [0.2, 0.25) is 11.7 Å². The second-order valence-electron chi connectivity index (χ2n) is 6.66. The highest BCUT2D eigenvalue weighted by Crippen LogP contribution is 2.39. The van der Waals surface area contributed by atoms with E-state index in [9.17, 15) is 9.59 Å². The molecule has 0 aliphatic rings. The van der Waals surface area contributed by atoms with E-state index in [1.165, 1.54) is 27.4 Å². The lowest BCUT2D eigenvalue weighted by Crippen LogP contribution is -2.12. The Balaban J connectivity index is 2.04. The van der Waals surface area contributed by atoms with Gasteiger partial charge in [0.25, 0.3) is 0 Å². The predicted octanol–water partition coefficient (Wildman–Crippen LogP) is 3.70. The number of amides is 1. The van der Waals surface area contributed by atoms with E-state index < -0.39 is 11.9 Å². The van der Waals surface area contributed by atoms with Crippen molar-refractivity contribution < 1.29 is 38.0 Å². The van der Waals surface area contributed by atoms with Crippen molar-refractivity contribution in [1.82, 2.24) is 0 Å². The van der Waals surface area contributed by atoms with E-state index in [1.807, 2.05) is 0 Å². The number of ether oxygens (including phenoxy) is 6. The largest absolute Gasteiger partial charge is 0.493 e. The molecule has 2 rings (SSSR count). The maximum Gasteiger partial charge on any atom is 0.339 e. The first-order valence-electron chi connectivity index (χ1n) is 10.3. The predicted molar refractivity (Wildman–Crippen MR) is 127 cm³/mol. The number of esters is 1. The summed E-state index contributed by atoms with van der Waals surface area (Å²) in [4.78, 5) is 24.1. The van der Waals surface area contributed by atoms with Crippen molar-refractivity contribution in [2.75, 3.05) is 53.8 Å². The Hall–Kier alpha value is -3.82. The normalized spacial score (nSPS) is 10.9. The van der Waals surface area contributed by atoms with Gasteiger partial charge in [-0.3, -0.25) is 4.79 Å². The lowest BCUT2D eigenvalue weighted by Gasteiger charge is -2.15. The van der Waals surface area contributed by atoms with E-state index >= 15 is 0 Å². The van der Waals surface area contributed by atoms with Gasteiger partial charge in [-0.25, -0.2) is 4.79 Å². The number of carbonyl (C=O) groups excluding carboxylic acids is 2. The highest BCUT2D eigenvalue weighted by atomic mass is 16.7. The third kappa shape index (κ3) is 7.95. The lowest BCUT2D eigenvalue weighted by molar-refractivity contribution is -0.111. The van der Waals surface area contributed by atoms with Crippen molar-refractivity contribution in [2.24, 2.45) is 0 Å². The van der Waals surface area contributed by atoms with E-state index in [-0.39, 0.29) is 12.4 Å². The summed E-state index contributed by atoms with van der Waals surface area (Å²) in [6.07, 6.45) is 6.38. The minimum atomic E-state index is -0.531. The molecule has 0 aliphatic carbocycles. The van der Waals surface area contributed by atoms with Crippen LogP contribution in [0.4, 0.5) is 5.69 Å². The number of benzene rings is 2. The summed E-state index contributed by atoms with van der Waals surface area (Å²) in [6.45, 7) is 0.878. The number of nitrogens with one attached hydrogen (secondary N) is 1. The fourth-order valence-corrected chi connectivity index (χ4v) is 2.80. The molecule has 1 amide bonds. The molecule has 0 bridgehead atoms. The van der Waals surface area contributed by atoms with Gasteiger partial charge in [0, 0.05) is 13.2 Å². The van der Waals surface area contributed by atoms with Gasteiger partial charge in [0.15, 0.2) is 18.3 Å². The van der Waals surface area contributed by atoms with Gasteiger partial charge in [0.1, 0.15) is 0 Å². The van der Waals surface area contributed by atoms with Gasteiger partial charge in [-0.1, -0.05) is 30.4 Å². The molecule has 1 N–H and O–H groups in total. The Morgan fingerprint density at radius 2 is 1.65 bits per heavy atom. The van der Waals surface area contributed by atoms with Gasteiger partial charge < -0.3 is 33.7 Å². The van der Waals surface area contributed by atoms with E-state index in [2.05, 4.69) is 5.32 Å². The first kappa shape index (κ1) is 26.4. The first-order chi connectivity index (χ1) is 16.5. The second-order valence-corrected chi connectivity index (χ2v) is 6.66. The minimum absolute atomic E-state index is 0.0161. The van der Waals surface area contributed by atoms with E-state index in [4.69, 9.17) is 28.4 Å². The van der Waals surface area contributed by atoms with Crippen molar-refractivity contribution in [3.05, 3.63) is 65.8 Å². The number of para-hydroxylation sites is 1. The number of allylic oxidation sites excluding steroid dienone is 2. The summed E-state index contributed by atoms with van der Waals surface area (Å²) in [5.74, 6) is 0.426. The fraction of sp³-hybridized carbons (Fsp3) is 0.280. The number of hydrogen-bond donors (Lipinski definition) is 1. The Bertz CT molecular complexity index is 991. The van der Waals surface area contributed by atoms with E-state index in [0.29, 0.717) is 36.1 Å². The molecule has 0 saturated heterocycles. The molecule has 0 fully saturated rings. The molecule has 0 heterocycles. The van der Waals surface area contributed by atoms with E-state index in [1.54, 1.807) is 61.7 Å². The Kier molecular flexibility index (Phi) is 11.2. The average molecular weight is 472 g/mol. The van der Waals surface area contributed by atoms with Crippen molar-refractivity contribution in [3.63, 3.8) is 0 Å². The molecule has 0 radical (unpaired) electrons. The van der Waals surface area contributed by atoms with Crippen LogP contribution < -0.4 is 19.5 Å². The summed E-state index contributed by atoms with van der Waals surface area (Å²) in [5, 5.41) is 2.66. The van der Waals surface area contributed by atoms with Crippen LogP contribution in [0.3, 0.4) is 0 Å². The first-order valence-corrected chi connectivity index (χ1v) is 10.3. The molecule has 2 aromatic carbocycles. The second kappa shape index (κ2) is 14.4. The maximum absolute atomic E-state index is 12.2. The molecule has 9 nitrogen and oxygen atoms in total. The molecular formula is C25H29NO8. The molecule has 9 heteroatoms. The van der Waals surface area contributed by atoms with E-state index in [0.717, 1.165) is 5.56 Å². The van der Waals surface area contributed by atoms with Crippen molar-refractivity contribution in [3.8, 4) is 17.2 Å². The zero-order valence-electron chi connectivity index (χ0n) is 19.7. The number of methoxy groups -OCH3 is 4. The summed E-state index contributed by atoms with van der Waals surface area (Å²) in [6, 6.07) is 10.1. The number of anilines is 1. The van der Waals surface area contributed by atoms with Gasteiger partial charge >= 0.3 is 5.97 Å². The van der Waals surface area contributed by atoms with Gasteiger partial charge in [-0.15, -0.1) is 0 Å². The average Bonchev–Trinajstić information content (AvgIpc) is 2.86. The maximum atomic E-state index is 12.2. The SMILES string of the molecule is COCCOCOc1c(OC)cc(/C=C/C=C/C(=O)Nc2ccccc2C(=O)OC)cc1OC. The minimum Gasteiger partial charge on any atom is -0.493 e. The zero-order chi connectivity index (χ0) is 24.8. The zero-order valence-corrected chi connectivity index (χ0v) is 19.7. The highest BCUT2D eigenvalue weighted by Gasteiger charge is 2.14. The van der Waals surface area contributed by atoms with Crippen LogP contribution in [0.15, 0.2) is 54.6 Å². The summed E-state index contributed by atoms with van der Waals surface area (Å²) >= 11 is 0. The molecule has 182 valence electrons. The molecule has 0 spiro atoms. The molecule has 0 unspecified atom stereocenters. The smallest absolute Gasteiger partial charge is 0.339 e. The molecule has 0 aromatic heterocycles. The van der Waals surface area contributed by atoms with Crippen LogP contribution in [-0.4, -0.2) is 60.3 Å². The number of hydrogen-bond acceptors (Lipinski definition) is 8. The quantitative estimate of drug-likeness (QED) is 0.155. The van der Waals surface area contributed by atoms with Crippen LogP contribution in [-0.2, 0) is 19.0 Å². The third-order valence-electron chi connectivity index (χ3n) is 4.44. The molecule has 34 heavy (non-hydrogen) atoms. The van der Waals surface area contributed by atoms with Gasteiger partial charge in [-0.05, 0) is 29.8 Å². The highest BCUT2D eigenvalue weighted by molar-refractivity contribution is 6.05. The number of rotatable bonds is 13. The molecule has 2 aromatic rings. The monoisotopic (exact) mass is 471 g/mol. The van der Waals surface area contributed by atoms with Gasteiger partial charge in [-0.2, -0.15) is 0 Å². The molecular weight excluding hydrogens is 442 g/mol. The van der Waals surface area contributed by atoms with Crippen LogP contribution in [0.1, 0.15) is 15.9 Å². The van der Waals surface area contributed by atoms with Crippen LogP contribution >= 0.6 is 0 Å². The van der Waals surface area contributed by atoms with Crippen LogP contribution in [0.5, 0.6) is 17.2 Å². The third-order valence-corrected chi connectivity index (χ3v) is 4.44. The summed E-state index contributed by atoms with van der Waals surface area (Å²) in [5.41, 5.74) is 1.40. The lowest BCUT2D eigenvalue weighted by atomic mass is 10.1. The molecule has 0 saturated carbocycles. The van der Waals surface area contributed by atoms with Gasteiger partial charge in [0.05, 0.1) is 45.8 Å². The van der Waals surface area contributed by atoms with Crippen molar-refractivity contribution in [2.45, 2.75) is 0 Å². The van der Waals surface area contributed by atoms with Crippen LogP contribution in [0.25, 0.3) is 6.08 Å². The Morgan fingerprint density at radius 1 is 0.941 bits per heavy atom. The standard InChI is InChI=1S/C25H29NO8/c1-29-13-14-33-17-34-24-21(30-2)15-18(16-22(24)31-3)9-5-8-12-23(27)26-20-11-7-6-10-19(20)25(28)32-4/h5-12,15-16H,13-14,17H2,1-4H3,(H,26,27)/b9-5+,12-8+. The topological polar surface area (TPSA) is 102 Å².